The molecule has 21 heavy (non-hydrogen) atoms. The Hall–Kier alpha value is -2.64. The van der Waals surface area contributed by atoms with Crippen molar-refractivity contribution in [2.45, 2.75) is 26.3 Å². The number of phenolic OH excluding ortho intramolecular Hbond substituents is 1. The zero-order chi connectivity index (χ0) is 16.0. The molecule has 114 valence electrons. The number of amides is 2. The number of phenols is 1. The third-order valence-electron chi connectivity index (χ3n) is 2.71. The van der Waals surface area contributed by atoms with Gasteiger partial charge in [-0.1, -0.05) is 6.92 Å². The maximum absolute atomic E-state index is 12.0. The summed E-state index contributed by atoms with van der Waals surface area (Å²) in [5.74, 6) is -1.45. The first-order chi connectivity index (χ1) is 9.86. The summed E-state index contributed by atoms with van der Waals surface area (Å²) in [4.78, 5) is 33.8. The molecule has 1 atom stereocenters. The van der Waals surface area contributed by atoms with Crippen LogP contribution in [0.1, 0.15) is 30.6 Å². The van der Waals surface area contributed by atoms with Gasteiger partial charge in [0.15, 0.2) is 0 Å². The van der Waals surface area contributed by atoms with E-state index in [9.17, 15) is 24.8 Å². The predicted molar refractivity (Wildman–Crippen MR) is 75.0 cm³/mol. The Morgan fingerprint density at radius 1 is 1.43 bits per heavy atom. The van der Waals surface area contributed by atoms with Crippen molar-refractivity contribution in [3.05, 3.63) is 33.9 Å². The predicted octanol–water partition coefficient (Wildman–Crippen LogP) is 0.945. The normalized spacial score (nSPS) is 11.5. The van der Waals surface area contributed by atoms with Gasteiger partial charge in [0.2, 0.25) is 5.91 Å². The highest BCUT2D eigenvalue weighted by Gasteiger charge is 2.23. The Balaban J connectivity index is 2.87. The van der Waals surface area contributed by atoms with Crippen molar-refractivity contribution in [2.75, 3.05) is 6.54 Å². The molecule has 0 aliphatic rings. The molecule has 0 fully saturated rings. The lowest BCUT2D eigenvalue weighted by molar-refractivity contribution is -0.385. The van der Waals surface area contributed by atoms with Crippen molar-refractivity contribution in [1.82, 2.24) is 10.6 Å². The van der Waals surface area contributed by atoms with Crippen molar-refractivity contribution in [3.8, 4) is 5.75 Å². The van der Waals surface area contributed by atoms with Gasteiger partial charge in [-0.15, -0.1) is 0 Å². The lowest BCUT2D eigenvalue weighted by Crippen LogP contribution is -2.45. The van der Waals surface area contributed by atoms with Gasteiger partial charge >= 0.3 is 0 Å². The van der Waals surface area contributed by atoms with Gasteiger partial charge in [0.05, 0.1) is 4.92 Å². The highest BCUT2D eigenvalue weighted by atomic mass is 16.6. The van der Waals surface area contributed by atoms with Crippen molar-refractivity contribution >= 4 is 17.5 Å². The standard InChI is InChI=1S/C13H17N3O5/c1-3-6-14-12(18)8(2)15-13(19)10-7-9(17)4-5-11(10)16(20)21/h4-5,7-8,17H,3,6H2,1-2H3,(H,14,18)(H,15,19). The summed E-state index contributed by atoms with van der Waals surface area (Å²) < 4.78 is 0. The summed E-state index contributed by atoms with van der Waals surface area (Å²) in [6.07, 6.45) is 0.754. The molecule has 1 unspecified atom stereocenters. The second-order valence-electron chi connectivity index (χ2n) is 4.44. The molecular weight excluding hydrogens is 278 g/mol. The number of carbonyl (C=O) groups excluding carboxylic acids is 2. The van der Waals surface area contributed by atoms with Crippen LogP contribution < -0.4 is 10.6 Å². The molecule has 0 aliphatic heterocycles. The van der Waals surface area contributed by atoms with E-state index in [1.807, 2.05) is 6.92 Å². The minimum atomic E-state index is -0.842. The van der Waals surface area contributed by atoms with Crippen LogP contribution in [0.25, 0.3) is 0 Å². The fraction of sp³-hybridized carbons (Fsp3) is 0.385. The van der Waals surface area contributed by atoms with E-state index in [1.165, 1.54) is 6.92 Å². The summed E-state index contributed by atoms with van der Waals surface area (Å²) in [5, 5.41) is 25.2. The lowest BCUT2D eigenvalue weighted by atomic mass is 10.1. The maximum atomic E-state index is 12.0. The first kappa shape index (κ1) is 16.4. The number of hydrogen-bond donors (Lipinski definition) is 3. The molecule has 1 aromatic rings. The Kier molecular flexibility index (Phi) is 5.65. The van der Waals surface area contributed by atoms with Crippen molar-refractivity contribution in [1.29, 1.82) is 0 Å². The molecule has 0 spiro atoms. The molecule has 1 rings (SSSR count). The molecule has 0 heterocycles. The number of nitrogens with zero attached hydrogens (tertiary/aromatic N) is 1. The topological polar surface area (TPSA) is 122 Å². The molecule has 0 aromatic heterocycles. The second kappa shape index (κ2) is 7.22. The zero-order valence-corrected chi connectivity index (χ0v) is 11.8. The van der Waals surface area contributed by atoms with E-state index in [0.29, 0.717) is 6.54 Å². The number of nitro groups is 1. The molecule has 0 saturated heterocycles. The van der Waals surface area contributed by atoms with Crippen LogP contribution in [0.15, 0.2) is 18.2 Å². The zero-order valence-electron chi connectivity index (χ0n) is 11.8. The number of nitrogens with one attached hydrogen (secondary N) is 2. The first-order valence-corrected chi connectivity index (χ1v) is 6.42. The summed E-state index contributed by atoms with van der Waals surface area (Å²) in [5.41, 5.74) is -0.735. The van der Waals surface area contributed by atoms with E-state index in [4.69, 9.17) is 0 Å². The fourth-order valence-corrected chi connectivity index (χ4v) is 1.61. The number of benzene rings is 1. The van der Waals surface area contributed by atoms with E-state index in [1.54, 1.807) is 0 Å². The summed E-state index contributed by atoms with van der Waals surface area (Å²) in [7, 11) is 0. The number of hydrogen-bond acceptors (Lipinski definition) is 5. The fourth-order valence-electron chi connectivity index (χ4n) is 1.61. The largest absolute Gasteiger partial charge is 0.508 e. The van der Waals surface area contributed by atoms with Crippen LogP contribution in [0, 0.1) is 10.1 Å². The van der Waals surface area contributed by atoms with Gasteiger partial charge in [-0.05, 0) is 25.5 Å². The quantitative estimate of drug-likeness (QED) is 0.532. The van der Waals surface area contributed by atoms with Crippen LogP contribution in [0.5, 0.6) is 5.75 Å². The molecule has 8 heteroatoms. The molecule has 1 aromatic carbocycles. The second-order valence-corrected chi connectivity index (χ2v) is 4.44. The van der Waals surface area contributed by atoms with Crippen LogP contribution in [0.2, 0.25) is 0 Å². The Labute approximate surface area is 121 Å². The summed E-state index contributed by atoms with van der Waals surface area (Å²) in [6.45, 7) is 3.84. The van der Waals surface area contributed by atoms with Gasteiger partial charge in [0.25, 0.3) is 11.6 Å². The molecular formula is C13H17N3O5. The molecule has 2 amide bonds. The molecule has 0 radical (unpaired) electrons. The lowest BCUT2D eigenvalue weighted by Gasteiger charge is -2.14. The number of rotatable bonds is 6. The van der Waals surface area contributed by atoms with Crippen LogP contribution >= 0.6 is 0 Å². The van der Waals surface area contributed by atoms with Gasteiger partial charge in [0, 0.05) is 12.6 Å². The van der Waals surface area contributed by atoms with Crippen LogP contribution in [0.3, 0.4) is 0 Å². The maximum Gasteiger partial charge on any atom is 0.282 e. The van der Waals surface area contributed by atoms with Crippen LogP contribution in [0.4, 0.5) is 5.69 Å². The summed E-state index contributed by atoms with van der Waals surface area (Å²) >= 11 is 0. The number of nitro benzene ring substituents is 1. The van der Waals surface area contributed by atoms with Crippen molar-refractivity contribution < 1.29 is 19.6 Å². The average molecular weight is 295 g/mol. The van der Waals surface area contributed by atoms with Crippen molar-refractivity contribution in [2.24, 2.45) is 0 Å². The third-order valence-corrected chi connectivity index (χ3v) is 2.71. The van der Waals surface area contributed by atoms with Gasteiger partial charge in [0.1, 0.15) is 17.4 Å². The minimum absolute atomic E-state index is 0.270. The van der Waals surface area contributed by atoms with Crippen LogP contribution in [-0.2, 0) is 4.79 Å². The highest BCUT2D eigenvalue weighted by Crippen LogP contribution is 2.23. The van der Waals surface area contributed by atoms with Gasteiger partial charge in [-0.25, -0.2) is 0 Å². The van der Waals surface area contributed by atoms with E-state index in [0.717, 1.165) is 24.6 Å². The van der Waals surface area contributed by atoms with Gasteiger partial charge in [-0.3, -0.25) is 19.7 Å². The van der Waals surface area contributed by atoms with E-state index in [2.05, 4.69) is 10.6 Å². The average Bonchev–Trinajstić information content (AvgIpc) is 2.43. The number of aromatic hydroxyl groups is 1. The SMILES string of the molecule is CCCNC(=O)C(C)NC(=O)c1cc(O)ccc1[N+](=O)[O-]. The first-order valence-electron chi connectivity index (χ1n) is 6.42. The van der Waals surface area contributed by atoms with Gasteiger partial charge < -0.3 is 15.7 Å². The Morgan fingerprint density at radius 2 is 2.10 bits per heavy atom. The number of carbonyl (C=O) groups is 2. The smallest absolute Gasteiger partial charge is 0.282 e. The molecule has 8 nitrogen and oxygen atoms in total. The Morgan fingerprint density at radius 3 is 2.67 bits per heavy atom. The molecule has 0 aliphatic carbocycles. The van der Waals surface area contributed by atoms with Crippen LogP contribution in [-0.4, -0.2) is 34.4 Å². The van der Waals surface area contributed by atoms with E-state index < -0.39 is 22.6 Å². The molecule has 3 N–H and O–H groups in total. The molecule has 0 bridgehead atoms. The summed E-state index contributed by atoms with van der Waals surface area (Å²) in [6, 6.07) is 2.30. The van der Waals surface area contributed by atoms with Gasteiger partial charge in [-0.2, -0.15) is 0 Å². The monoisotopic (exact) mass is 295 g/mol. The van der Waals surface area contributed by atoms with E-state index >= 15 is 0 Å². The highest BCUT2D eigenvalue weighted by molar-refractivity contribution is 6.00. The van der Waals surface area contributed by atoms with E-state index in [-0.39, 0.29) is 17.2 Å². The minimum Gasteiger partial charge on any atom is -0.508 e. The molecule has 0 saturated carbocycles. The Bertz CT molecular complexity index is 559. The third kappa shape index (κ3) is 4.44. The van der Waals surface area contributed by atoms with Crippen molar-refractivity contribution in [3.63, 3.8) is 0 Å².